The van der Waals surface area contributed by atoms with E-state index in [0.29, 0.717) is 4.88 Å². The normalized spacial score (nSPS) is 12.6. The van der Waals surface area contributed by atoms with E-state index in [1.165, 1.54) is 41.0 Å². The molecule has 0 bridgehead atoms. The molecule has 2 N–H and O–H groups in total. The Morgan fingerprint density at radius 3 is 2.45 bits per heavy atom. The maximum absolute atomic E-state index is 12.9. The third-order valence-corrected chi connectivity index (χ3v) is 7.38. The number of carboxylic acids is 1. The lowest BCUT2D eigenvalue weighted by Crippen LogP contribution is -2.32. The number of benzene rings is 1. The maximum atomic E-state index is 12.9. The van der Waals surface area contributed by atoms with Crippen LogP contribution in [0, 0.1) is 0 Å². The Labute approximate surface area is 174 Å². The minimum Gasteiger partial charge on any atom is -0.495 e. The Morgan fingerprint density at radius 2 is 1.93 bits per heavy atom. The largest absolute Gasteiger partial charge is 0.495 e. The third-order valence-electron chi connectivity index (χ3n) is 4.32. The summed E-state index contributed by atoms with van der Waals surface area (Å²) in [5, 5.41) is 13.6. The van der Waals surface area contributed by atoms with Crippen molar-refractivity contribution < 1.29 is 27.9 Å². The van der Waals surface area contributed by atoms with Gasteiger partial charge in [0.2, 0.25) is 10.0 Å². The fourth-order valence-electron chi connectivity index (χ4n) is 2.85. The quantitative estimate of drug-likeness (QED) is 0.587. The van der Waals surface area contributed by atoms with Gasteiger partial charge in [0.15, 0.2) is 0 Å². The van der Waals surface area contributed by atoms with Crippen LogP contribution in [-0.2, 0) is 14.8 Å². The Bertz CT molecular complexity index is 953. The molecule has 2 rings (SSSR count). The van der Waals surface area contributed by atoms with Crippen molar-refractivity contribution in [2.24, 2.45) is 0 Å². The number of nitrogens with zero attached hydrogens (tertiary/aromatic N) is 1. The molecule has 0 saturated carbocycles. The number of nitrogens with one attached hydrogen (secondary N) is 1. The summed E-state index contributed by atoms with van der Waals surface area (Å²) in [4.78, 5) is 24.5. The monoisotopic (exact) mass is 440 g/mol. The Balaban J connectivity index is 2.39. The molecule has 2 aromatic rings. The number of amides is 1. The Hall–Kier alpha value is -2.43. The summed E-state index contributed by atoms with van der Waals surface area (Å²) in [6.45, 7) is 4.00. The van der Waals surface area contributed by atoms with Crippen LogP contribution in [0.3, 0.4) is 0 Å². The van der Waals surface area contributed by atoms with Crippen molar-refractivity contribution in [3.05, 3.63) is 46.2 Å². The van der Waals surface area contributed by atoms with Crippen LogP contribution < -0.4 is 10.1 Å². The molecule has 10 heteroatoms. The van der Waals surface area contributed by atoms with Gasteiger partial charge in [-0.25, -0.2) is 8.42 Å². The van der Waals surface area contributed by atoms with Crippen molar-refractivity contribution in [3.63, 3.8) is 0 Å². The summed E-state index contributed by atoms with van der Waals surface area (Å²) in [6, 6.07) is 6.91. The topological polar surface area (TPSA) is 113 Å². The fourth-order valence-corrected chi connectivity index (χ4v) is 5.27. The van der Waals surface area contributed by atoms with Gasteiger partial charge in [-0.1, -0.05) is 19.9 Å². The average Bonchev–Trinajstić information content (AvgIpc) is 3.22. The van der Waals surface area contributed by atoms with E-state index in [1.807, 2.05) is 0 Å². The van der Waals surface area contributed by atoms with E-state index in [1.54, 1.807) is 31.4 Å². The molecule has 0 radical (unpaired) electrons. The van der Waals surface area contributed by atoms with Gasteiger partial charge in [-0.15, -0.1) is 11.3 Å². The summed E-state index contributed by atoms with van der Waals surface area (Å²) in [6.07, 6.45) is -0.285. The fraction of sp³-hybridized carbons (Fsp3) is 0.368. The molecule has 0 aliphatic rings. The van der Waals surface area contributed by atoms with Crippen LogP contribution in [0.4, 0.5) is 0 Å². The number of carbonyl (C=O) groups excluding carboxylic acids is 1. The number of rotatable bonds is 10. The number of carbonyl (C=O) groups is 2. The van der Waals surface area contributed by atoms with Crippen LogP contribution in [0.5, 0.6) is 5.75 Å². The second-order valence-corrected chi connectivity index (χ2v) is 8.98. The van der Waals surface area contributed by atoms with E-state index >= 15 is 0 Å². The molecule has 0 aliphatic carbocycles. The van der Waals surface area contributed by atoms with Gasteiger partial charge in [0.1, 0.15) is 10.6 Å². The van der Waals surface area contributed by atoms with Crippen LogP contribution in [0.15, 0.2) is 40.6 Å². The predicted molar refractivity (Wildman–Crippen MR) is 110 cm³/mol. The molecule has 1 amide bonds. The minimum atomic E-state index is -3.85. The molecule has 1 aromatic heterocycles. The first-order valence-electron chi connectivity index (χ1n) is 8.98. The molecule has 1 atom stereocenters. The molecule has 158 valence electrons. The standard InChI is InChI=1S/C19H24N2O6S2/c1-4-21(5-2)29(25,26)17-11-13(8-9-15(17)27-3)19(24)20-14(12-18(22)23)16-7-6-10-28-16/h6-11,14H,4-5,12H2,1-3H3,(H,20,24)(H,22,23)/t14-/m0/s1. The van der Waals surface area contributed by atoms with Gasteiger partial charge < -0.3 is 15.2 Å². The summed E-state index contributed by atoms with van der Waals surface area (Å²) in [7, 11) is -2.50. The van der Waals surface area contributed by atoms with E-state index in [-0.39, 0.29) is 35.7 Å². The van der Waals surface area contributed by atoms with E-state index in [4.69, 9.17) is 9.84 Å². The highest BCUT2D eigenvalue weighted by molar-refractivity contribution is 7.89. The van der Waals surface area contributed by atoms with Gasteiger partial charge in [-0.3, -0.25) is 9.59 Å². The van der Waals surface area contributed by atoms with Gasteiger partial charge in [-0.05, 0) is 29.6 Å². The van der Waals surface area contributed by atoms with Gasteiger partial charge >= 0.3 is 5.97 Å². The van der Waals surface area contributed by atoms with E-state index in [2.05, 4.69) is 5.32 Å². The Morgan fingerprint density at radius 1 is 1.24 bits per heavy atom. The van der Waals surface area contributed by atoms with Gasteiger partial charge in [0.05, 0.1) is 19.6 Å². The van der Waals surface area contributed by atoms with Crippen LogP contribution in [0.1, 0.15) is 41.5 Å². The number of sulfonamides is 1. The SMILES string of the molecule is CCN(CC)S(=O)(=O)c1cc(C(=O)N[C@@H](CC(=O)O)c2cccs2)ccc1OC. The summed E-state index contributed by atoms with van der Waals surface area (Å²) < 4.78 is 32.3. The average molecular weight is 441 g/mol. The van der Waals surface area contributed by atoms with E-state index < -0.39 is 27.9 Å². The Kier molecular flexibility index (Phi) is 7.77. The van der Waals surface area contributed by atoms with Gasteiger partial charge in [-0.2, -0.15) is 4.31 Å². The molecule has 8 nitrogen and oxygen atoms in total. The number of methoxy groups -OCH3 is 1. The first-order valence-corrected chi connectivity index (χ1v) is 11.3. The lowest BCUT2D eigenvalue weighted by Gasteiger charge is -2.21. The predicted octanol–water partition coefficient (Wildman–Crippen LogP) is 2.73. The molecule has 0 spiro atoms. The maximum Gasteiger partial charge on any atom is 0.305 e. The third kappa shape index (κ3) is 5.34. The molecule has 0 unspecified atom stereocenters. The van der Waals surface area contributed by atoms with Crippen molar-refractivity contribution in [2.75, 3.05) is 20.2 Å². The number of thiophene rings is 1. The summed E-state index contributed by atoms with van der Waals surface area (Å²) in [5.41, 5.74) is 0.100. The van der Waals surface area contributed by atoms with Crippen LogP contribution >= 0.6 is 11.3 Å². The minimum absolute atomic E-state index is 0.100. The zero-order valence-corrected chi connectivity index (χ0v) is 18.0. The zero-order chi connectivity index (χ0) is 21.6. The highest BCUT2D eigenvalue weighted by Crippen LogP contribution is 2.29. The smallest absolute Gasteiger partial charge is 0.305 e. The van der Waals surface area contributed by atoms with Crippen LogP contribution in [0.2, 0.25) is 0 Å². The highest BCUT2D eigenvalue weighted by Gasteiger charge is 2.27. The van der Waals surface area contributed by atoms with Crippen molar-refractivity contribution in [2.45, 2.75) is 31.2 Å². The first-order chi connectivity index (χ1) is 13.7. The lowest BCUT2D eigenvalue weighted by atomic mass is 10.1. The van der Waals surface area contributed by atoms with Crippen LogP contribution in [-0.4, -0.2) is 49.9 Å². The highest BCUT2D eigenvalue weighted by atomic mass is 32.2. The summed E-state index contributed by atoms with van der Waals surface area (Å²) >= 11 is 1.33. The second-order valence-electron chi connectivity index (χ2n) is 6.09. The number of aliphatic carboxylic acids is 1. The number of hydrogen-bond acceptors (Lipinski definition) is 6. The molecular formula is C19H24N2O6S2. The molecule has 0 aliphatic heterocycles. The van der Waals surface area contributed by atoms with Crippen molar-refractivity contribution in [3.8, 4) is 5.75 Å². The molecule has 1 aromatic carbocycles. The number of hydrogen-bond donors (Lipinski definition) is 2. The summed E-state index contributed by atoms with van der Waals surface area (Å²) in [5.74, 6) is -1.49. The molecular weight excluding hydrogens is 416 g/mol. The van der Waals surface area contributed by atoms with E-state index in [0.717, 1.165) is 0 Å². The van der Waals surface area contributed by atoms with E-state index in [9.17, 15) is 18.0 Å². The van der Waals surface area contributed by atoms with Crippen molar-refractivity contribution in [1.82, 2.24) is 9.62 Å². The second kappa shape index (κ2) is 9.86. The van der Waals surface area contributed by atoms with Crippen molar-refractivity contribution in [1.29, 1.82) is 0 Å². The van der Waals surface area contributed by atoms with Crippen molar-refractivity contribution >= 4 is 33.2 Å². The van der Waals surface area contributed by atoms with Crippen LogP contribution in [0.25, 0.3) is 0 Å². The molecule has 1 heterocycles. The first kappa shape index (κ1) is 22.9. The molecule has 29 heavy (non-hydrogen) atoms. The number of ether oxygens (including phenoxy) is 1. The molecule has 0 fully saturated rings. The van der Waals surface area contributed by atoms with Gasteiger partial charge in [0, 0.05) is 23.5 Å². The lowest BCUT2D eigenvalue weighted by molar-refractivity contribution is -0.137. The zero-order valence-electron chi connectivity index (χ0n) is 16.4. The number of carboxylic acid groups (broad SMARTS) is 1. The molecule has 0 saturated heterocycles. The van der Waals surface area contributed by atoms with Gasteiger partial charge in [0.25, 0.3) is 5.91 Å².